The fourth-order valence-corrected chi connectivity index (χ4v) is 4.95. The van der Waals surface area contributed by atoms with Gasteiger partial charge in [0.05, 0.1) is 17.2 Å². The second-order valence-corrected chi connectivity index (χ2v) is 8.59. The summed E-state index contributed by atoms with van der Waals surface area (Å²) in [6, 6.07) is 13.7. The highest BCUT2D eigenvalue weighted by Crippen LogP contribution is 2.37. The molecule has 0 radical (unpaired) electrons. The van der Waals surface area contributed by atoms with Gasteiger partial charge in [-0.1, -0.05) is 0 Å². The summed E-state index contributed by atoms with van der Waals surface area (Å²) in [5.74, 6) is 2.37. The SMILES string of the molecule is O=C(NCC(c1ccco1)N1CCCC1)c1ccc(-c2ccc3c(c2)OCCO3)s1. The van der Waals surface area contributed by atoms with Crippen molar-refractivity contribution < 1.29 is 18.7 Å². The number of thiophene rings is 1. The topological polar surface area (TPSA) is 63.9 Å². The standard InChI is InChI=1S/C23H24N2O4S/c26-23(24-15-17(18-4-3-11-27-18)25-9-1-2-10-25)22-8-7-21(30-22)16-5-6-19-20(14-16)29-13-12-28-19/h3-8,11,14,17H,1-2,9-10,12-13,15H2,(H,24,26). The number of likely N-dealkylation sites (tertiary alicyclic amines) is 1. The van der Waals surface area contributed by atoms with Crippen LogP contribution in [0.2, 0.25) is 0 Å². The number of hydrogen-bond acceptors (Lipinski definition) is 6. The molecule has 2 aliphatic heterocycles. The van der Waals surface area contributed by atoms with Crippen LogP contribution in [0.1, 0.15) is 34.3 Å². The van der Waals surface area contributed by atoms with Gasteiger partial charge in [0.25, 0.3) is 5.91 Å². The molecule has 2 aromatic heterocycles. The minimum Gasteiger partial charge on any atom is -0.486 e. The van der Waals surface area contributed by atoms with Crippen molar-refractivity contribution in [3.8, 4) is 21.9 Å². The molecule has 2 aliphatic rings. The average molecular weight is 425 g/mol. The van der Waals surface area contributed by atoms with Gasteiger partial charge in [-0.25, -0.2) is 0 Å². The number of carbonyl (C=O) groups is 1. The molecule has 0 bridgehead atoms. The molecule has 4 heterocycles. The van der Waals surface area contributed by atoms with E-state index in [1.54, 1.807) is 6.26 Å². The van der Waals surface area contributed by atoms with Crippen LogP contribution in [-0.2, 0) is 0 Å². The molecular formula is C23H24N2O4S. The molecule has 5 rings (SSSR count). The van der Waals surface area contributed by atoms with E-state index in [0.29, 0.717) is 24.6 Å². The van der Waals surface area contributed by atoms with Gasteiger partial charge in [0.2, 0.25) is 0 Å². The van der Waals surface area contributed by atoms with Crippen molar-refractivity contribution in [3.05, 3.63) is 59.4 Å². The lowest BCUT2D eigenvalue weighted by Crippen LogP contribution is -2.36. The lowest BCUT2D eigenvalue weighted by atomic mass is 10.1. The molecule has 0 spiro atoms. The van der Waals surface area contributed by atoms with Crippen LogP contribution in [0.3, 0.4) is 0 Å². The largest absolute Gasteiger partial charge is 0.486 e. The Morgan fingerprint density at radius 2 is 1.90 bits per heavy atom. The highest BCUT2D eigenvalue weighted by Gasteiger charge is 2.26. The molecule has 7 heteroatoms. The highest BCUT2D eigenvalue weighted by atomic mass is 32.1. The summed E-state index contributed by atoms with van der Waals surface area (Å²) in [4.78, 5) is 16.9. The number of ether oxygens (including phenoxy) is 2. The lowest BCUT2D eigenvalue weighted by molar-refractivity contribution is 0.0938. The van der Waals surface area contributed by atoms with E-state index in [9.17, 15) is 4.79 Å². The predicted molar refractivity (Wildman–Crippen MR) is 115 cm³/mol. The average Bonchev–Trinajstić information content (AvgIpc) is 3.56. The number of benzene rings is 1. The van der Waals surface area contributed by atoms with Gasteiger partial charge in [0, 0.05) is 11.4 Å². The Hall–Kier alpha value is -2.77. The molecule has 1 saturated heterocycles. The van der Waals surface area contributed by atoms with Crippen LogP contribution in [0.4, 0.5) is 0 Å². The fourth-order valence-electron chi connectivity index (χ4n) is 4.03. The second-order valence-electron chi connectivity index (χ2n) is 7.51. The van der Waals surface area contributed by atoms with Crippen LogP contribution in [0.15, 0.2) is 53.1 Å². The van der Waals surface area contributed by atoms with Gasteiger partial charge in [0.15, 0.2) is 11.5 Å². The molecule has 0 saturated carbocycles. The zero-order chi connectivity index (χ0) is 20.3. The quantitative estimate of drug-likeness (QED) is 0.638. The van der Waals surface area contributed by atoms with Gasteiger partial charge >= 0.3 is 0 Å². The van der Waals surface area contributed by atoms with Crippen molar-refractivity contribution in [1.82, 2.24) is 10.2 Å². The summed E-state index contributed by atoms with van der Waals surface area (Å²) >= 11 is 1.48. The number of nitrogens with zero attached hydrogens (tertiary/aromatic N) is 1. The van der Waals surface area contributed by atoms with Crippen molar-refractivity contribution in [2.24, 2.45) is 0 Å². The highest BCUT2D eigenvalue weighted by molar-refractivity contribution is 7.17. The molecule has 0 aliphatic carbocycles. The summed E-state index contributed by atoms with van der Waals surface area (Å²) in [5.41, 5.74) is 1.02. The number of carbonyl (C=O) groups excluding carboxylic acids is 1. The zero-order valence-electron chi connectivity index (χ0n) is 16.6. The first-order valence-corrected chi connectivity index (χ1v) is 11.1. The Kier molecular flexibility index (Phi) is 5.46. The van der Waals surface area contributed by atoms with E-state index < -0.39 is 0 Å². The van der Waals surface area contributed by atoms with E-state index >= 15 is 0 Å². The first-order valence-electron chi connectivity index (χ1n) is 10.3. The molecule has 1 atom stereocenters. The molecule has 1 aromatic carbocycles. The summed E-state index contributed by atoms with van der Waals surface area (Å²) < 4.78 is 16.9. The zero-order valence-corrected chi connectivity index (χ0v) is 17.5. The van der Waals surface area contributed by atoms with Gasteiger partial charge in [-0.05, 0) is 74.0 Å². The van der Waals surface area contributed by atoms with Gasteiger partial charge in [-0.15, -0.1) is 11.3 Å². The predicted octanol–water partition coefficient (Wildman–Crippen LogP) is 4.35. The van der Waals surface area contributed by atoms with Gasteiger partial charge in [-0.3, -0.25) is 9.69 Å². The van der Waals surface area contributed by atoms with Crippen LogP contribution >= 0.6 is 11.3 Å². The number of rotatable bonds is 6. The normalized spacial score (nSPS) is 17.1. The Balaban J connectivity index is 1.27. The molecule has 1 N–H and O–H groups in total. The van der Waals surface area contributed by atoms with E-state index in [0.717, 1.165) is 40.8 Å². The molecule has 1 amide bonds. The maximum absolute atomic E-state index is 12.8. The monoisotopic (exact) mass is 424 g/mol. The molecule has 30 heavy (non-hydrogen) atoms. The van der Waals surface area contributed by atoms with E-state index in [1.807, 2.05) is 42.5 Å². The van der Waals surface area contributed by atoms with Gasteiger partial charge < -0.3 is 19.2 Å². The maximum Gasteiger partial charge on any atom is 0.261 e. The number of amides is 1. The first-order chi connectivity index (χ1) is 14.8. The van der Waals surface area contributed by atoms with E-state index in [-0.39, 0.29) is 11.9 Å². The van der Waals surface area contributed by atoms with E-state index in [4.69, 9.17) is 13.9 Å². The van der Waals surface area contributed by atoms with Crippen molar-refractivity contribution in [2.45, 2.75) is 18.9 Å². The van der Waals surface area contributed by atoms with Crippen molar-refractivity contribution in [1.29, 1.82) is 0 Å². The molecule has 1 unspecified atom stereocenters. The third kappa shape index (κ3) is 3.95. The molecule has 3 aromatic rings. The number of fused-ring (bicyclic) bond motifs is 1. The number of nitrogens with one attached hydrogen (secondary N) is 1. The van der Waals surface area contributed by atoms with Crippen LogP contribution in [0, 0.1) is 0 Å². The number of furan rings is 1. The Morgan fingerprint density at radius 3 is 2.70 bits per heavy atom. The lowest BCUT2D eigenvalue weighted by Gasteiger charge is -2.25. The minimum atomic E-state index is -0.0560. The molecule has 156 valence electrons. The minimum absolute atomic E-state index is 0.0560. The maximum atomic E-state index is 12.8. The fraction of sp³-hybridized carbons (Fsp3) is 0.348. The van der Waals surface area contributed by atoms with Crippen molar-refractivity contribution in [2.75, 3.05) is 32.8 Å². The summed E-state index contributed by atoms with van der Waals surface area (Å²) in [6.45, 7) is 3.74. The Labute approximate surface area is 179 Å². The first kappa shape index (κ1) is 19.2. The summed E-state index contributed by atoms with van der Waals surface area (Å²) in [5, 5.41) is 3.10. The van der Waals surface area contributed by atoms with Crippen molar-refractivity contribution >= 4 is 17.2 Å². The molecule has 6 nitrogen and oxygen atoms in total. The molecule has 1 fully saturated rings. The molecular weight excluding hydrogens is 400 g/mol. The third-order valence-corrected chi connectivity index (χ3v) is 6.70. The number of hydrogen-bond donors (Lipinski definition) is 1. The third-order valence-electron chi connectivity index (χ3n) is 5.57. The smallest absolute Gasteiger partial charge is 0.261 e. The Bertz CT molecular complexity index is 1010. The van der Waals surface area contributed by atoms with E-state index in [1.165, 1.54) is 24.2 Å². The summed E-state index contributed by atoms with van der Waals surface area (Å²) in [7, 11) is 0. The van der Waals surface area contributed by atoms with Crippen molar-refractivity contribution in [3.63, 3.8) is 0 Å². The van der Waals surface area contributed by atoms with Crippen LogP contribution < -0.4 is 14.8 Å². The van der Waals surface area contributed by atoms with Gasteiger partial charge in [-0.2, -0.15) is 0 Å². The van der Waals surface area contributed by atoms with Crippen LogP contribution in [0.5, 0.6) is 11.5 Å². The van der Waals surface area contributed by atoms with Crippen LogP contribution in [0.25, 0.3) is 10.4 Å². The Morgan fingerprint density at radius 1 is 1.07 bits per heavy atom. The van der Waals surface area contributed by atoms with E-state index in [2.05, 4.69) is 10.2 Å². The van der Waals surface area contributed by atoms with Gasteiger partial charge in [0.1, 0.15) is 19.0 Å². The van der Waals surface area contributed by atoms with Crippen LogP contribution in [-0.4, -0.2) is 43.7 Å². The second kappa shape index (κ2) is 8.53. The summed E-state index contributed by atoms with van der Waals surface area (Å²) in [6.07, 6.45) is 4.07.